The van der Waals surface area contributed by atoms with Crippen LogP contribution in [-0.4, -0.2) is 22.4 Å². The summed E-state index contributed by atoms with van der Waals surface area (Å²) in [6.45, 7) is 2.96. The number of benzene rings is 1. The molecule has 0 saturated carbocycles. The summed E-state index contributed by atoms with van der Waals surface area (Å²) in [5, 5.41) is 2.95. The van der Waals surface area contributed by atoms with Crippen LogP contribution in [0.4, 0.5) is 11.5 Å². The van der Waals surface area contributed by atoms with Crippen molar-refractivity contribution >= 4 is 17.4 Å². The van der Waals surface area contributed by atoms with Crippen LogP contribution >= 0.6 is 0 Å². The van der Waals surface area contributed by atoms with E-state index in [4.69, 9.17) is 0 Å². The quantitative estimate of drug-likeness (QED) is 0.871. The summed E-state index contributed by atoms with van der Waals surface area (Å²) in [6, 6.07) is 6.10. The maximum atomic E-state index is 11.8. The predicted octanol–water partition coefficient (Wildman–Crippen LogP) is 2.37. The van der Waals surface area contributed by atoms with Crippen molar-refractivity contribution in [2.24, 2.45) is 0 Å². The van der Waals surface area contributed by atoms with Crippen LogP contribution in [0.25, 0.3) is 0 Å². The molecule has 2 aromatic rings. The maximum Gasteiger partial charge on any atom is 0.252 e. The molecule has 0 spiro atoms. The number of rotatable bonds is 1. The van der Waals surface area contributed by atoms with E-state index in [0.717, 1.165) is 42.0 Å². The van der Waals surface area contributed by atoms with Crippen molar-refractivity contribution in [1.29, 1.82) is 0 Å². The Morgan fingerprint density at radius 3 is 3.19 bits per heavy atom. The van der Waals surface area contributed by atoms with E-state index < -0.39 is 0 Å². The molecule has 1 unspecified atom stereocenters. The number of carbonyl (C=O) groups is 1. The first kappa shape index (κ1) is 12.3. The van der Waals surface area contributed by atoms with Crippen LogP contribution in [0.3, 0.4) is 0 Å². The van der Waals surface area contributed by atoms with Gasteiger partial charge < -0.3 is 10.2 Å². The van der Waals surface area contributed by atoms with Gasteiger partial charge in [0, 0.05) is 29.6 Å². The van der Waals surface area contributed by atoms with Crippen LogP contribution in [0.15, 0.2) is 30.7 Å². The minimum Gasteiger partial charge on any atom is -0.345 e. The van der Waals surface area contributed by atoms with Crippen LogP contribution in [0.1, 0.15) is 40.9 Å². The van der Waals surface area contributed by atoms with Gasteiger partial charge in [-0.25, -0.2) is 9.97 Å². The first-order valence-electron chi connectivity index (χ1n) is 7.25. The number of hydrogen-bond donors (Lipinski definition) is 1. The normalized spacial score (nSPS) is 20.0. The van der Waals surface area contributed by atoms with Gasteiger partial charge in [-0.1, -0.05) is 0 Å². The summed E-state index contributed by atoms with van der Waals surface area (Å²) in [7, 11) is 0. The lowest BCUT2D eigenvalue weighted by molar-refractivity contribution is 0.0958. The molecule has 0 fully saturated rings. The second kappa shape index (κ2) is 4.55. The minimum atomic E-state index is 0.0189. The number of hydrogen-bond acceptors (Lipinski definition) is 4. The molecule has 0 aliphatic carbocycles. The first-order valence-corrected chi connectivity index (χ1v) is 7.25. The maximum absolute atomic E-state index is 11.8. The smallest absolute Gasteiger partial charge is 0.252 e. The molecule has 5 heteroatoms. The fourth-order valence-electron chi connectivity index (χ4n) is 3.19. The van der Waals surface area contributed by atoms with E-state index in [1.54, 1.807) is 6.33 Å². The Morgan fingerprint density at radius 2 is 2.29 bits per heavy atom. The molecule has 0 saturated heterocycles. The number of nitrogens with zero attached hydrogens (tertiary/aromatic N) is 3. The second-order valence-corrected chi connectivity index (χ2v) is 5.59. The van der Waals surface area contributed by atoms with Crippen molar-refractivity contribution in [2.45, 2.75) is 25.8 Å². The van der Waals surface area contributed by atoms with Gasteiger partial charge in [0.15, 0.2) is 0 Å². The molecule has 1 aromatic heterocycles. The third-order valence-electron chi connectivity index (χ3n) is 4.25. The van der Waals surface area contributed by atoms with Gasteiger partial charge in [0.05, 0.1) is 6.04 Å². The molecule has 5 nitrogen and oxygen atoms in total. The zero-order chi connectivity index (χ0) is 14.4. The SMILES string of the molecule is CC1NC(=O)c2ccc(N3CCCc4cncnc43)cc21. The molecule has 1 aromatic carbocycles. The van der Waals surface area contributed by atoms with Crippen LogP contribution in [0.5, 0.6) is 0 Å². The fraction of sp³-hybridized carbons (Fsp3) is 0.312. The van der Waals surface area contributed by atoms with Crippen LogP contribution < -0.4 is 10.2 Å². The van der Waals surface area contributed by atoms with Crippen molar-refractivity contribution in [2.75, 3.05) is 11.4 Å². The Bertz CT molecular complexity index is 728. The Morgan fingerprint density at radius 1 is 1.38 bits per heavy atom. The summed E-state index contributed by atoms with van der Waals surface area (Å²) >= 11 is 0. The number of anilines is 2. The summed E-state index contributed by atoms with van der Waals surface area (Å²) in [5.41, 5.74) is 4.13. The van der Waals surface area contributed by atoms with Crippen molar-refractivity contribution in [3.8, 4) is 0 Å². The molecule has 106 valence electrons. The molecular formula is C16H16N4O. The van der Waals surface area contributed by atoms with Gasteiger partial charge in [0.1, 0.15) is 12.1 Å². The molecule has 1 amide bonds. The van der Waals surface area contributed by atoms with Gasteiger partial charge in [-0.05, 0) is 43.5 Å². The Hall–Kier alpha value is -2.43. The van der Waals surface area contributed by atoms with E-state index in [1.165, 1.54) is 5.56 Å². The average molecular weight is 280 g/mol. The number of fused-ring (bicyclic) bond motifs is 2. The molecular weight excluding hydrogens is 264 g/mol. The van der Waals surface area contributed by atoms with Gasteiger partial charge >= 0.3 is 0 Å². The standard InChI is InChI=1S/C16H16N4O/c1-10-14-7-12(4-5-13(14)16(21)19-10)20-6-2-3-11-8-17-9-18-15(11)20/h4-5,7-10H,2-3,6H2,1H3,(H,19,21). The Balaban J connectivity index is 1.79. The number of aryl methyl sites for hydroxylation is 1. The van der Waals surface area contributed by atoms with E-state index in [2.05, 4.69) is 26.3 Å². The number of carbonyl (C=O) groups excluding carboxylic acids is 1. The molecule has 2 aliphatic rings. The Labute approximate surface area is 123 Å². The van der Waals surface area contributed by atoms with Crippen LogP contribution in [-0.2, 0) is 6.42 Å². The van der Waals surface area contributed by atoms with Gasteiger partial charge in [0.2, 0.25) is 0 Å². The minimum absolute atomic E-state index is 0.0189. The van der Waals surface area contributed by atoms with Crippen LogP contribution in [0.2, 0.25) is 0 Å². The summed E-state index contributed by atoms with van der Waals surface area (Å²) in [4.78, 5) is 22.6. The fourth-order valence-corrected chi connectivity index (χ4v) is 3.19. The molecule has 0 radical (unpaired) electrons. The average Bonchev–Trinajstić information content (AvgIpc) is 2.81. The third kappa shape index (κ3) is 1.88. The van der Waals surface area contributed by atoms with Crippen molar-refractivity contribution in [3.05, 3.63) is 47.4 Å². The molecule has 2 aliphatic heterocycles. The second-order valence-electron chi connectivity index (χ2n) is 5.59. The largest absolute Gasteiger partial charge is 0.345 e. The van der Waals surface area contributed by atoms with Gasteiger partial charge in [-0.3, -0.25) is 4.79 Å². The van der Waals surface area contributed by atoms with Gasteiger partial charge in [-0.2, -0.15) is 0 Å². The monoisotopic (exact) mass is 280 g/mol. The highest BCUT2D eigenvalue weighted by Crippen LogP contribution is 2.34. The van der Waals surface area contributed by atoms with Crippen LogP contribution in [0, 0.1) is 0 Å². The predicted molar refractivity (Wildman–Crippen MR) is 79.7 cm³/mol. The molecule has 1 atom stereocenters. The topological polar surface area (TPSA) is 58.1 Å². The first-order chi connectivity index (χ1) is 10.2. The van der Waals surface area contributed by atoms with E-state index in [-0.39, 0.29) is 11.9 Å². The third-order valence-corrected chi connectivity index (χ3v) is 4.25. The zero-order valence-corrected chi connectivity index (χ0v) is 11.8. The molecule has 4 rings (SSSR count). The number of aromatic nitrogens is 2. The summed E-state index contributed by atoms with van der Waals surface area (Å²) < 4.78 is 0. The molecule has 1 N–H and O–H groups in total. The lowest BCUT2D eigenvalue weighted by Gasteiger charge is -2.30. The van der Waals surface area contributed by atoms with Gasteiger partial charge in [-0.15, -0.1) is 0 Å². The highest BCUT2D eigenvalue weighted by Gasteiger charge is 2.27. The zero-order valence-electron chi connectivity index (χ0n) is 11.8. The van der Waals surface area contributed by atoms with Crippen molar-refractivity contribution < 1.29 is 4.79 Å². The molecule has 0 bridgehead atoms. The Kier molecular flexibility index (Phi) is 2.67. The number of amides is 1. The van der Waals surface area contributed by atoms with Gasteiger partial charge in [0.25, 0.3) is 5.91 Å². The summed E-state index contributed by atoms with van der Waals surface area (Å²) in [6.07, 6.45) is 5.60. The van der Waals surface area contributed by atoms with E-state index in [0.29, 0.717) is 0 Å². The van der Waals surface area contributed by atoms with E-state index in [9.17, 15) is 4.79 Å². The lowest BCUT2D eigenvalue weighted by atomic mass is 10.0. The summed E-state index contributed by atoms with van der Waals surface area (Å²) in [5.74, 6) is 1.01. The van der Waals surface area contributed by atoms with Crippen molar-refractivity contribution in [3.63, 3.8) is 0 Å². The van der Waals surface area contributed by atoms with Crippen molar-refractivity contribution in [1.82, 2.24) is 15.3 Å². The number of nitrogens with one attached hydrogen (secondary N) is 1. The van der Waals surface area contributed by atoms with E-state index >= 15 is 0 Å². The van der Waals surface area contributed by atoms with E-state index in [1.807, 2.05) is 25.3 Å². The highest BCUT2D eigenvalue weighted by molar-refractivity contribution is 5.99. The molecule has 3 heterocycles. The highest BCUT2D eigenvalue weighted by atomic mass is 16.2. The molecule has 21 heavy (non-hydrogen) atoms. The lowest BCUT2D eigenvalue weighted by Crippen LogP contribution is -2.25.